The number of phenols is 1. The van der Waals surface area contributed by atoms with Crippen LogP contribution in [0.3, 0.4) is 0 Å². The van der Waals surface area contributed by atoms with Crippen LogP contribution >= 0.6 is 0 Å². The summed E-state index contributed by atoms with van der Waals surface area (Å²) in [6.45, 7) is 15.5. The second-order valence-electron chi connectivity index (χ2n) is 11.6. The maximum Gasteiger partial charge on any atom is 0.128 e. The van der Waals surface area contributed by atoms with E-state index in [9.17, 15) is 5.11 Å². The van der Waals surface area contributed by atoms with Crippen molar-refractivity contribution < 1.29 is 9.84 Å². The molecule has 0 spiro atoms. The average molecular weight is 517 g/mol. The summed E-state index contributed by atoms with van der Waals surface area (Å²) >= 11 is 0. The molecule has 0 bridgehead atoms. The van der Waals surface area contributed by atoms with Crippen LogP contribution in [0.25, 0.3) is 6.08 Å². The SMILES string of the molecule is CC(C)=CCCC(C)=CCCC(C)=CCCC(C)=CCCC(C)=CCC[C@@]1(C)C=Cc2cc(O)ccc2O1. The minimum atomic E-state index is -0.302. The number of hydrogen-bond donors (Lipinski definition) is 1. The lowest BCUT2D eigenvalue weighted by Crippen LogP contribution is -2.31. The second kappa shape index (κ2) is 16.3. The molecule has 1 heterocycles. The molecule has 1 aromatic rings. The molecule has 2 heteroatoms. The van der Waals surface area contributed by atoms with Gasteiger partial charge in [-0.1, -0.05) is 64.3 Å². The van der Waals surface area contributed by atoms with Crippen LogP contribution in [-0.2, 0) is 0 Å². The highest BCUT2D eigenvalue weighted by molar-refractivity contribution is 5.62. The number of hydrogen-bond acceptors (Lipinski definition) is 2. The van der Waals surface area contributed by atoms with Crippen molar-refractivity contribution in [3.05, 3.63) is 88.1 Å². The van der Waals surface area contributed by atoms with Gasteiger partial charge in [0.1, 0.15) is 17.1 Å². The van der Waals surface area contributed by atoms with Gasteiger partial charge in [-0.05, 0) is 137 Å². The molecule has 0 saturated heterocycles. The van der Waals surface area contributed by atoms with Crippen LogP contribution < -0.4 is 4.74 Å². The molecule has 2 rings (SSSR count). The van der Waals surface area contributed by atoms with Crippen LogP contribution in [0.15, 0.2) is 82.5 Å². The molecular formula is C36H52O2. The molecule has 1 aliphatic rings. The monoisotopic (exact) mass is 516 g/mol. The van der Waals surface area contributed by atoms with Crippen molar-refractivity contribution in [3.63, 3.8) is 0 Å². The summed E-state index contributed by atoms with van der Waals surface area (Å²) in [6, 6.07) is 5.29. The maximum absolute atomic E-state index is 9.66. The summed E-state index contributed by atoms with van der Waals surface area (Å²) < 4.78 is 6.23. The Labute approximate surface area is 233 Å². The Morgan fingerprint density at radius 3 is 1.68 bits per heavy atom. The molecule has 0 saturated carbocycles. The Bertz CT molecular complexity index is 1070. The number of allylic oxidation sites excluding steroid dienone is 10. The molecule has 0 aromatic heterocycles. The molecule has 1 atom stereocenters. The van der Waals surface area contributed by atoms with Crippen LogP contribution in [0, 0.1) is 0 Å². The number of ether oxygens (including phenoxy) is 1. The van der Waals surface area contributed by atoms with E-state index in [4.69, 9.17) is 4.74 Å². The zero-order valence-electron chi connectivity index (χ0n) is 25.2. The van der Waals surface area contributed by atoms with Crippen LogP contribution in [0.4, 0.5) is 0 Å². The van der Waals surface area contributed by atoms with Gasteiger partial charge in [-0.15, -0.1) is 0 Å². The summed E-state index contributed by atoms with van der Waals surface area (Å²) in [7, 11) is 0. The molecule has 1 aliphatic heterocycles. The smallest absolute Gasteiger partial charge is 0.128 e. The fourth-order valence-electron chi connectivity index (χ4n) is 4.69. The van der Waals surface area contributed by atoms with Gasteiger partial charge in [-0.25, -0.2) is 0 Å². The maximum atomic E-state index is 9.66. The van der Waals surface area contributed by atoms with E-state index in [2.05, 4.69) is 91.0 Å². The summed E-state index contributed by atoms with van der Waals surface area (Å²) in [5.74, 6) is 1.12. The molecule has 0 amide bonds. The van der Waals surface area contributed by atoms with Crippen molar-refractivity contribution >= 4 is 6.08 Å². The first-order valence-corrected chi connectivity index (χ1v) is 14.5. The van der Waals surface area contributed by atoms with Gasteiger partial charge in [0.05, 0.1) is 0 Å². The topological polar surface area (TPSA) is 29.5 Å². The quantitative estimate of drug-likeness (QED) is 0.235. The Morgan fingerprint density at radius 2 is 1.18 bits per heavy atom. The highest BCUT2D eigenvalue weighted by atomic mass is 16.5. The summed E-state index contributed by atoms with van der Waals surface area (Å²) in [4.78, 5) is 0. The largest absolute Gasteiger partial charge is 0.508 e. The first kappa shape index (κ1) is 31.5. The summed E-state index contributed by atoms with van der Waals surface area (Å²) in [6.07, 6.45) is 27.2. The number of phenolic OH excluding ortho intramolecular Hbond substituents is 1. The second-order valence-corrected chi connectivity index (χ2v) is 11.6. The van der Waals surface area contributed by atoms with E-state index >= 15 is 0 Å². The standard InChI is InChI=1S/C36H52O2/c1-28(2)13-8-14-29(3)15-9-16-30(4)17-10-18-31(5)19-11-20-32(6)21-12-25-36(7)26-24-33-27-34(37)22-23-35(33)38-36/h13,15,17,19,21-24,26-27,37H,8-12,14,16,18,20,25H2,1-7H3/t36-/m0/s1. The van der Waals surface area contributed by atoms with E-state index in [0.717, 1.165) is 62.7 Å². The summed E-state index contributed by atoms with van der Waals surface area (Å²) in [5.41, 5.74) is 8.02. The van der Waals surface area contributed by atoms with Crippen molar-refractivity contribution in [1.29, 1.82) is 0 Å². The number of rotatable bonds is 15. The van der Waals surface area contributed by atoms with Crippen LogP contribution in [0.1, 0.15) is 118 Å². The van der Waals surface area contributed by atoms with Gasteiger partial charge < -0.3 is 9.84 Å². The normalized spacial score (nSPS) is 18.3. The van der Waals surface area contributed by atoms with Crippen molar-refractivity contribution in [1.82, 2.24) is 0 Å². The minimum Gasteiger partial charge on any atom is -0.508 e. The average Bonchev–Trinajstić information content (AvgIpc) is 2.84. The predicted molar refractivity (Wildman–Crippen MR) is 167 cm³/mol. The summed E-state index contributed by atoms with van der Waals surface area (Å²) in [5, 5.41) is 9.66. The zero-order chi connectivity index (χ0) is 28.0. The Balaban J connectivity index is 1.64. The lowest BCUT2D eigenvalue weighted by molar-refractivity contribution is 0.128. The van der Waals surface area contributed by atoms with Gasteiger partial charge in [0.15, 0.2) is 0 Å². The first-order chi connectivity index (χ1) is 18.1. The van der Waals surface area contributed by atoms with Crippen molar-refractivity contribution in [2.24, 2.45) is 0 Å². The number of aromatic hydroxyl groups is 1. The molecule has 208 valence electrons. The fraction of sp³-hybridized carbons (Fsp3) is 0.500. The van der Waals surface area contributed by atoms with Gasteiger partial charge >= 0.3 is 0 Å². The van der Waals surface area contributed by atoms with Crippen LogP contribution in [0.5, 0.6) is 11.5 Å². The number of benzene rings is 1. The van der Waals surface area contributed by atoms with E-state index in [1.165, 1.54) is 40.7 Å². The molecule has 0 fully saturated rings. The molecular weight excluding hydrogens is 464 g/mol. The Hall–Kier alpha value is -2.74. The van der Waals surface area contributed by atoms with Gasteiger partial charge in [-0.2, -0.15) is 0 Å². The van der Waals surface area contributed by atoms with Gasteiger partial charge in [0.25, 0.3) is 0 Å². The predicted octanol–water partition coefficient (Wildman–Crippen LogP) is 11.2. The van der Waals surface area contributed by atoms with Crippen LogP contribution in [-0.4, -0.2) is 10.7 Å². The highest BCUT2D eigenvalue weighted by Crippen LogP contribution is 2.35. The Kier molecular flexibility index (Phi) is 13.5. The van der Waals surface area contributed by atoms with E-state index < -0.39 is 0 Å². The van der Waals surface area contributed by atoms with E-state index in [0.29, 0.717) is 0 Å². The molecule has 2 nitrogen and oxygen atoms in total. The van der Waals surface area contributed by atoms with E-state index in [1.54, 1.807) is 12.1 Å². The molecule has 0 radical (unpaired) electrons. The molecule has 38 heavy (non-hydrogen) atoms. The molecule has 1 N–H and O–H groups in total. The zero-order valence-corrected chi connectivity index (χ0v) is 25.2. The number of fused-ring (bicyclic) bond motifs is 1. The first-order valence-electron chi connectivity index (χ1n) is 14.5. The third kappa shape index (κ3) is 12.7. The van der Waals surface area contributed by atoms with Crippen LogP contribution in [0.2, 0.25) is 0 Å². The minimum absolute atomic E-state index is 0.273. The highest BCUT2D eigenvalue weighted by Gasteiger charge is 2.26. The Morgan fingerprint density at radius 1 is 0.711 bits per heavy atom. The molecule has 0 unspecified atom stereocenters. The third-order valence-corrected chi connectivity index (χ3v) is 7.27. The third-order valence-electron chi connectivity index (χ3n) is 7.27. The molecule has 0 aliphatic carbocycles. The van der Waals surface area contributed by atoms with Gasteiger partial charge in [0.2, 0.25) is 0 Å². The van der Waals surface area contributed by atoms with Gasteiger partial charge in [0, 0.05) is 5.56 Å². The van der Waals surface area contributed by atoms with Crippen molar-refractivity contribution in [3.8, 4) is 11.5 Å². The van der Waals surface area contributed by atoms with Gasteiger partial charge in [-0.3, -0.25) is 0 Å². The molecule has 1 aromatic carbocycles. The van der Waals surface area contributed by atoms with Crippen molar-refractivity contribution in [2.75, 3.05) is 0 Å². The lowest BCUT2D eigenvalue weighted by atomic mass is 9.94. The van der Waals surface area contributed by atoms with E-state index in [-0.39, 0.29) is 11.4 Å². The van der Waals surface area contributed by atoms with Crippen molar-refractivity contribution in [2.45, 2.75) is 118 Å². The lowest BCUT2D eigenvalue weighted by Gasteiger charge is -2.31. The fourth-order valence-corrected chi connectivity index (χ4v) is 4.69. The van der Waals surface area contributed by atoms with E-state index in [1.807, 2.05) is 6.07 Å².